The number of aliphatic hydroxyl groups is 1. The van der Waals surface area contributed by atoms with Crippen LogP contribution in [-0.4, -0.2) is 43.0 Å². The van der Waals surface area contributed by atoms with Gasteiger partial charge in [-0.25, -0.2) is 0 Å². The highest BCUT2D eigenvalue weighted by Gasteiger charge is 2.24. The maximum absolute atomic E-state index is 9.49. The number of nitrogens with zero attached hydrogens (tertiary/aromatic N) is 1. The molecule has 0 bridgehead atoms. The molecule has 0 radical (unpaired) electrons. The summed E-state index contributed by atoms with van der Waals surface area (Å²) < 4.78 is 0. The fourth-order valence-corrected chi connectivity index (χ4v) is 3.10. The van der Waals surface area contributed by atoms with Crippen molar-refractivity contribution in [2.45, 2.75) is 12.7 Å². The highest BCUT2D eigenvalue weighted by atomic mass is 32.2. The molecule has 0 spiro atoms. The Hall–Kier alpha value is -0.510. The van der Waals surface area contributed by atoms with Crippen molar-refractivity contribution in [1.29, 1.82) is 0 Å². The van der Waals surface area contributed by atoms with Crippen LogP contribution in [0.15, 0.2) is 30.3 Å². The van der Waals surface area contributed by atoms with Crippen molar-refractivity contribution < 1.29 is 5.11 Å². The van der Waals surface area contributed by atoms with Crippen LogP contribution in [0.1, 0.15) is 12.5 Å². The van der Waals surface area contributed by atoms with Gasteiger partial charge in [-0.05, 0) is 19.7 Å². The lowest BCUT2D eigenvalue weighted by atomic mass is 9.94. The lowest BCUT2D eigenvalue weighted by Gasteiger charge is -2.30. The maximum atomic E-state index is 9.49. The van der Waals surface area contributed by atoms with E-state index in [1.807, 2.05) is 17.8 Å². The molecule has 96 valence electrons. The van der Waals surface area contributed by atoms with E-state index in [0.717, 1.165) is 18.1 Å². The van der Waals surface area contributed by atoms with Crippen molar-refractivity contribution in [2.75, 3.05) is 33.0 Å². The van der Waals surface area contributed by atoms with E-state index in [-0.39, 0.29) is 12.0 Å². The Morgan fingerprint density at radius 1 is 1.24 bits per heavy atom. The highest BCUT2D eigenvalue weighted by Crippen LogP contribution is 2.25. The van der Waals surface area contributed by atoms with Crippen LogP contribution in [0.5, 0.6) is 0 Å². The molecule has 1 unspecified atom stereocenters. The van der Waals surface area contributed by atoms with Gasteiger partial charge in [0.2, 0.25) is 0 Å². The van der Waals surface area contributed by atoms with Crippen molar-refractivity contribution in [3.63, 3.8) is 0 Å². The molecule has 0 aliphatic carbocycles. The summed E-state index contributed by atoms with van der Waals surface area (Å²) in [5.74, 6) is 2.00. The predicted octanol–water partition coefficient (Wildman–Crippen LogP) is 2.48. The maximum Gasteiger partial charge on any atom is 0.0504 e. The van der Waals surface area contributed by atoms with Crippen molar-refractivity contribution in [3.05, 3.63) is 35.9 Å². The lowest BCUT2D eigenvalue weighted by Crippen LogP contribution is -2.36. The van der Waals surface area contributed by atoms with Crippen LogP contribution in [0.2, 0.25) is 0 Å². The minimum atomic E-state index is -0.0110. The second-order valence-corrected chi connectivity index (χ2v) is 6.17. The van der Waals surface area contributed by atoms with Crippen LogP contribution < -0.4 is 0 Å². The predicted molar refractivity (Wildman–Crippen MR) is 76.4 cm³/mol. The van der Waals surface area contributed by atoms with Crippen LogP contribution in [0, 0.1) is 5.41 Å². The molecule has 0 fully saturated rings. The Balaban J connectivity index is 2.38. The second-order valence-electron chi connectivity index (χ2n) is 5.18. The van der Waals surface area contributed by atoms with Crippen LogP contribution in [-0.2, 0) is 5.75 Å². The number of benzene rings is 1. The van der Waals surface area contributed by atoms with E-state index in [1.54, 1.807) is 0 Å². The third-order valence-electron chi connectivity index (χ3n) is 2.64. The number of hydrogen-bond acceptors (Lipinski definition) is 3. The number of thioether (sulfide) groups is 1. The van der Waals surface area contributed by atoms with Crippen molar-refractivity contribution in [2.24, 2.45) is 5.41 Å². The molecule has 0 aliphatic rings. The molecular weight excluding hydrogens is 230 g/mol. The van der Waals surface area contributed by atoms with Crippen LogP contribution in [0.25, 0.3) is 0 Å². The molecule has 17 heavy (non-hydrogen) atoms. The van der Waals surface area contributed by atoms with Gasteiger partial charge in [0.05, 0.1) is 6.61 Å². The first-order valence-electron chi connectivity index (χ1n) is 5.93. The van der Waals surface area contributed by atoms with E-state index < -0.39 is 0 Å². The topological polar surface area (TPSA) is 23.5 Å². The average Bonchev–Trinajstić information content (AvgIpc) is 2.29. The third kappa shape index (κ3) is 5.57. The number of rotatable bonds is 7. The summed E-state index contributed by atoms with van der Waals surface area (Å²) in [6.07, 6.45) is 0. The Bertz CT molecular complexity index is 315. The first-order chi connectivity index (χ1) is 8.06. The van der Waals surface area contributed by atoms with Crippen molar-refractivity contribution >= 4 is 11.8 Å². The quantitative estimate of drug-likeness (QED) is 0.807. The molecule has 2 nitrogen and oxygen atoms in total. The van der Waals surface area contributed by atoms with E-state index in [9.17, 15) is 5.11 Å². The van der Waals surface area contributed by atoms with Crippen LogP contribution >= 0.6 is 11.8 Å². The summed E-state index contributed by atoms with van der Waals surface area (Å²) in [7, 11) is 4.10. The zero-order chi connectivity index (χ0) is 12.7. The van der Waals surface area contributed by atoms with Gasteiger partial charge >= 0.3 is 0 Å². The minimum absolute atomic E-state index is 0.0110. The molecule has 1 atom stereocenters. The Morgan fingerprint density at radius 2 is 1.88 bits per heavy atom. The molecule has 0 saturated carbocycles. The zero-order valence-electron chi connectivity index (χ0n) is 11.0. The largest absolute Gasteiger partial charge is 0.396 e. The summed E-state index contributed by atoms with van der Waals surface area (Å²) in [4.78, 5) is 2.14. The Kier molecular flexibility index (Phi) is 6.03. The van der Waals surface area contributed by atoms with Gasteiger partial charge in [0.1, 0.15) is 0 Å². The van der Waals surface area contributed by atoms with Gasteiger partial charge in [-0.15, -0.1) is 0 Å². The van der Waals surface area contributed by atoms with E-state index >= 15 is 0 Å². The summed E-state index contributed by atoms with van der Waals surface area (Å²) in [6.45, 7) is 3.31. The first-order valence-corrected chi connectivity index (χ1v) is 7.08. The van der Waals surface area contributed by atoms with E-state index in [1.165, 1.54) is 5.56 Å². The van der Waals surface area contributed by atoms with Gasteiger partial charge in [-0.2, -0.15) is 11.8 Å². The Morgan fingerprint density at radius 3 is 2.41 bits per heavy atom. The van der Waals surface area contributed by atoms with Gasteiger partial charge in [-0.1, -0.05) is 37.3 Å². The van der Waals surface area contributed by atoms with Gasteiger partial charge in [0.25, 0.3) is 0 Å². The molecule has 0 saturated heterocycles. The SMILES string of the molecule is CN(C)CC(C)(CO)CSCc1ccccc1. The average molecular weight is 253 g/mol. The van der Waals surface area contributed by atoms with Gasteiger partial charge in [0, 0.05) is 23.5 Å². The van der Waals surface area contributed by atoms with Gasteiger partial charge in [-0.3, -0.25) is 0 Å². The summed E-state index contributed by atoms with van der Waals surface area (Å²) in [5, 5.41) is 9.49. The third-order valence-corrected chi connectivity index (χ3v) is 4.08. The van der Waals surface area contributed by atoms with E-state index in [2.05, 4.69) is 50.2 Å². The van der Waals surface area contributed by atoms with Gasteiger partial charge < -0.3 is 10.0 Å². The lowest BCUT2D eigenvalue weighted by molar-refractivity contribution is 0.129. The van der Waals surface area contributed by atoms with Crippen molar-refractivity contribution in [3.8, 4) is 0 Å². The molecule has 1 rings (SSSR count). The minimum Gasteiger partial charge on any atom is -0.396 e. The molecular formula is C14H23NOS. The van der Waals surface area contributed by atoms with Crippen LogP contribution in [0.4, 0.5) is 0 Å². The van der Waals surface area contributed by atoms with Crippen LogP contribution in [0.3, 0.4) is 0 Å². The summed E-state index contributed by atoms with van der Waals surface area (Å²) in [6, 6.07) is 10.5. The molecule has 0 aliphatic heterocycles. The fourth-order valence-electron chi connectivity index (χ4n) is 1.89. The molecule has 0 amide bonds. The summed E-state index contributed by atoms with van der Waals surface area (Å²) >= 11 is 1.89. The van der Waals surface area contributed by atoms with Crippen molar-refractivity contribution in [1.82, 2.24) is 4.90 Å². The fraction of sp³-hybridized carbons (Fsp3) is 0.571. The molecule has 0 heterocycles. The van der Waals surface area contributed by atoms with E-state index in [4.69, 9.17) is 0 Å². The van der Waals surface area contributed by atoms with Gasteiger partial charge in [0.15, 0.2) is 0 Å². The molecule has 1 N–H and O–H groups in total. The molecule has 0 aromatic heterocycles. The first kappa shape index (κ1) is 14.6. The zero-order valence-corrected chi connectivity index (χ0v) is 11.8. The van der Waals surface area contributed by atoms with E-state index in [0.29, 0.717) is 0 Å². The standard InChI is InChI=1S/C14H23NOS/c1-14(11-16,10-15(2)3)12-17-9-13-7-5-4-6-8-13/h4-8,16H,9-12H2,1-3H3. The summed E-state index contributed by atoms with van der Waals surface area (Å²) in [5.41, 5.74) is 1.34. The molecule has 3 heteroatoms. The number of aliphatic hydroxyl groups excluding tert-OH is 1. The normalized spacial score (nSPS) is 14.9. The monoisotopic (exact) mass is 253 g/mol. The molecule has 1 aromatic rings. The number of hydrogen-bond donors (Lipinski definition) is 1. The Labute approximate surface area is 109 Å². The second kappa shape index (κ2) is 7.04. The smallest absolute Gasteiger partial charge is 0.0504 e. The highest BCUT2D eigenvalue weighted by molar-refractivity contribution is 7.98. The molecule has 1 aromatic carbocycles.